The molecule has 0 fully saturated rings. The van der Waals surface area contributed by atoms with Crippen LogP contribution < -0.4 is 20.1 Å². The van der Waals surface area contributed by atoms with E-state index in [1.165, 1.54) is 0 Å². The van der Waals surface area contributed by atoms with Crippen LogP contribution in [0, 0.1) is 0 Å². The van der Waals surface area contributed by atoms with Gasteiger partial charge >= 0.3 is 11.8 Å². The van der Waals surface area contributed by atoms with Crippen LogP contribution in [0.5, 0.6) is 11.5 Å². The zero-order chi connectivity index (χ0) is 21.2. The SMILES string of the molecule is COc1ccc(OCCNC(=O)C(=O)NC(c2ccccc2)c2ccccc2)cc1. The summed E-state index contributed by atoms with van der Waals surface area (Å²) >= 11 is 0. The molecule has 0 spiro atoms. The van der Waals surface area contributed by atoms with Crippen molar-refractivity contribution in [2.45, 2.75) is 6.04 Å². The molecule has 2 N–H and O–H groups in total. The van der Waals surface area contributed by atoms with Gasteiger partial charge in [-0.3, -0.25) is 9.59 Å². The van der Waals surface area contributed by atoms with Crippen LogP contribution in [0.2, 0.25) is 0 Å². The van der Waals surface area contributed by atoms with Crippen LogP contribution >= 0.6 is 0 Å². The van der Waals surface area contributed by atoms with Gasteiger partial charge in [0.05, 0.1) is 19.7 Å². The molecule has 30 heavy (non-hydrogen) atoms. The first-order valence-corrected chi connectivity index (χ1v) is 9.63. The van der Waals surface area contributed by atoms with Crippen molar-refractivity contribution >= 4 is 11.8 Å². The fraction of sp³-hybridized carbons (Fsp3) is 0.167. The van der Waals surface area contributed by atoms with Gasteiger partial charge in [0.1, 0.15) is 18.1 Å². The third-order valence-corrected chi connectivity index (χ3v) is 4.46. The minimum atomic E-state index is -0.704. The summed E-state index contributed by atoms with van der Waals surface area (Å²) < 4.78 is 10.6. The van der Waals surface area contributed by atoms with Crippen molar-refractivity contribution in [1.29, 1.82) is 0 Å². The van der Waals surface area contributed by atoms with Gasteiger partial charge in [-0.05, 0) is 35.4 Å². The standard InChI is InChI=1S/C24H24N2O4/c1-29-20-12-14-21(15-13-20)30-17-16-25-23(27)24(28)26-22(18-8-4-2-5-9-18)19-10-6-3-7-11-19/h2-15,22H,16-17H2,1H3,(H,25,27)(H,26,28). The molecule has 2 amide bonds. The van der Waals surface area contributed by atoms with E-state index in [4.69, 9.17) is 9.47 Å². The Morgan fingerprint density at radius 1 is 0.767 bits per heavy atom. The number of ether oxygens (including phenoxy) is 2. The zero-order valence-electron chi connectivity index (χ0n) is 16.7. The lowest BCUT2D eigenvalue weighted by Gasteiger charge is -2.19. The number of methoxy groups -OCH3 is 1. The van der Waals surface area contributed by atoms with Crippen molar-refractivity contribution in [1.82, 2.24) is 10.6 Å². The number of carbonyl (C=O) groups is 2. The highest BCUT2D eigenvalue weighted by Crippen LogP contribution is 2.21. The molecule has 3 rings (SSSR count). The molecule has 3 aromatic carbocycles. The van der Waals surface area contributed by atoms with Crippen LogP contribution in [0.3, 0.4) is 0 Å². The van der Waals surface area contributed by atoms with Gasteiger partial charge in [0, 0.05) is 0 Å². The molecule has 0 unspecified atom stereocenters. The van der Waals surface area contributed by atoms with E-state index in [1.54, 1.807) is 31.4 Å². The monoisotopic (exact) mass is 404 g/mol. The van der Waals surface area contributed by atoms with E-state index in [-0.39, 0.29) is 13.2 Å². The highest BCUT2D eigenvalue weighted by molar-refractivity contribution is 6.35. The zero-order valence-corrected chi connectivity index (χ0v) is 16.7. The first-order valence-electron chi connectivity index (χ1n) is 9.63. The number of nitrogens with one attached hydrogen (secondary N) is 2. The summed E-state index contributed by atoms with van der Waals surface area (Å²) in [5.74, 6) is -0.0104. The van der Waals surface area contributed by atoms with Gasteiger partial charge in [-0.2, -0.15) is 0 Å². The van der Waals surface area contributed by atoms with Crippen LogP contribution in [0.25, 0.3) is 0 Å². The Kier molecular flexibility index (Phi) is 7.44. The van der Waals surface area contributed by atoms with Crippen LogP contribution in [0.4, 0.5) is 0 Å². The van der Waals surface area contributed by atoms with E-state index >= 15 is 0 Å². The van der Waals surface area contributed by atoms with Crippen LogP contribution in [-0.4, -0.2) is 32.1 Å². The van der Waals surface area contributed by atoms with Gasteiger partial charge in [-0.15, -0.1) is 0 Å². The second-order valence-electron chi connectivity index (χ2n) is 6.51. The van der Waals surface area contributed by atoms with E-state index in [2.05, 4.69) is 10.6 Å². The molecular weight excluding hydrogens is 380 g/mol. The second-order valence-corrected chi connectivity index (χ2v) is 6.51. The van der Waals surface area contributed by atoms with Crippen molar-refractivity contribution in [2.75, 3.05) is 20.3 Å². The van der Waals surface area contributed by atoms with E-state index in [0.717, 1.165) is 16.9 Å². The average molecular weight is 404 g/mol. The minimum Gasteiger partial charge on any atom is -0.497 e. The lowest BCUT2D eigenvalue weighted by atomic mass is 9.99. The molecule has 3 aromatic rings. The van der Waals surface area contributed by atoms with Gasteiger partial charge < -0.3 is 20.1 Å². The molecule has 0 radical (unpaired) electrons. The first-order chi connectivity index (χ1) is 14.7. The molecule has 0 aliphatic heterocycles. The van der Waals surface area contributed by atoms with Crippen molar-refractivity contribution < 1.29 is 19.1 Å². The highest BCUT2D eigenvalue weighted by atomic mass is 16.5. The molecule has 6 heteroatoms. The lowest BCUT2D eigenvalue weighted by molar-refractivity contribution is -0.139. The summed E-state index contributed by atoms with van der Waals surface area (Å²) in [4.78, 5) is 24.7. The van der Waals surface area contributed by atoms with Gasteiger partial charge in [-0.25, -0.2) is 0 Å². The molecular formula is C24H24N2O4. The summed E-state index contributed by atoms with van der Waals surface area (Å²) in [6.45, 7) is 0.450. The number of benzene rings is 3. The van der Waals surface area contributed by atoms with Gasteiger partial charge in [0.25, 0.3) is 0 Å². The van der Waals surface area contributed by atoms with Crippen molar-refractivity contribution in [3.63, 3.8) is 0 Å². The maximum Gasteiger partial charge on any atom is 0.310 e. The Bertz CT molecular complexity index is 904. The van der Waals surface area contributed by atoms with Gasteiger partial charge in [0.15, 0.2) is 0 Å². The van der Waals surface area contributed by atoms with Crippen LogP contribution in [0.15, 0.2) is 84.9 Å². The number of rotatable bonds is 8. The predicted molar refractivity (Wildman–Crippen MR) is 114 cm³/mol. The largest absolute Gasteiger partial charge is 0.497 e. The number of hydrogen-bond donors (Lipinski definition) is 2. The van der Waals surface area contributed by atoms with E-state index < -0.39 is 17.9 Å². The Morgan fingerprint density at radius 2 is 1.30 bits per heavy atom. The normalized spacial score (nSPS) is 10.3. The number of carbonyl (C=O) groups excluding carboxylic acids is 2. The molecule has 0 heterocycles. The molecule has 6 nitrogen and oxygen atoms in total. The molecule has 0 bridgehead atoms. The Hall–Kier alpha value is -3.80. The first kappa shape index (κ1) is 20.9. The molecule has 0 aliphatic carbocycles. The van der Waals surface area contributed by atoms with Crippen molar-refractivity contribution in [3.8, 4) is 11.5 Å². The molecule has 0 saturated carbocycles. The maximum absolute atomic E-state index is 12.5. The fourth-order valence-corrected chi connectivity index (χ4v) is 2.93. The Labute approximate surface area is 175 Å². The maximum atomic E-state index is 12.5. The van der Waals surface area contributed by atoms with Crippen LogP contribution in [0.1, 0.15) is 17.2 Å². The Morgan fingerprint density at radius 3 is 1.83 bits per heavy atom. The second kappa shape index (κ2) is 10.7. The molecule has 0 saturated heterocycles. The molecule has 0 atom stereocenters. The predicted octanol–water partition coefficient (Wildman–Crippen LogP) is 3.10. The molecule has 0 aromatic heterocycles. The third kappa shape index (κ3) is 5.85. The third-order valence-electron chi connectivity index (χ3n) is 4.46. The highest BCUT2D eigenvalue weighted by Gasteiger charge is 2.21. The summed E-state index contributed by atoms with van der Waals surface area (Å²) in [7, 11) is 1.59. The van der Waals surface area contributed by atoms with E-state index in [1.807, 2.05) is 60.7 Å². The van der Waals surface area contributed by atoms with Crippen molar-refractivity contribution in [2.24, 2.45) is 0 Å². The van der Waals surface area contributed by atoms with Crippen molar-refractivity contribution in [3.05, 3.63) is 96.1 Å². The molecule has 0 aliphatic rings. The lowest BCUT2D eigenvalue weighted by Crippen LogP contribution is -2.43. The summed E-state index contributed by atoms with van der Waals surface area (Å²) in [6, 6.07) is 25.8. The Balaban J connectivity index is 1.53. The van der Waals surface area contributed by atoms with Gasteiger partial charge in [0.2, 0.25) is 0 Å². The fourth-order valence-electron chi connectivity index (χ4n) is 2.93. The summed E-state index contributed by atoms with van der Waals surface area (Å²) in [5, 5.41) is 5.40. The van der Waals surface area contributed by atoms with E-state index in [9.17, 15) is 9.59 Å². The van der Waals surface area contributed by atoms with Gasteiger partial charge in [-0.1, -0.05) is 60.7 Å². The number of amides is 2. The van der Waals surface area contributed by atoms with Crippen LogP contribution in [-0.2, 0) is 9.59 Å². The van der Waals surface area contributed by atoms with E-state index in [0.29, 0.717) is 5.75 Å². The average Bonchev–Trinajstić information content (AvgIpc) is 2.81. The quantitative estimate of drug-likeness (QED) is 0.447. The topological polar surface area (TPSA) is 76.7 Å². The minimum absolute atomic E-state index is 0.208. The molecule has 154 valence electrons. The summed E-state index contributed by atoms with van der Waals surface area (Å²) in [6.07, 6.45) is 0. The number of hydrogen-bond acceptors (Lipinski definition) is 4. The smallest absolute Gasteiger partial charge is 0.310 e. The summed E-state index contributed by atoms with van der Waals surface area (Å²) in [5.41, 5.74) is 1.79.